The largest absolute Gasteiger partial charge is 1.00 e. The van der Waals surface area contributed by atoms with E-state index >= 15 is 0 Å². The maximum atomic E-state index is 10.4. The normalized spacial score (nSPS) is 9.58. The molecule has 19 heavy (non-hydrogen) atoms. The summed E-state index contributed by atoms with van der Waals surface area (Å²) in [6.45, 7) is 7.69. The van der Waals surface area contributed by atoms with Gasteiger partial charge in [0.25, 0.3) is 0 Å². The number of carbonyl (C=O) groups excluding carboxylic acids is 2. The summed E-state index contributed by atoms with van der Waals surface area (Å²) in [4.78, 5) is 20.4. The summed E-state index contributed by atoms with van der Waals surface area (Å²) in [6.07, 6.45) is 4.74. The van der Waals surface area contributed by atoms with E-state index < -0.39 is 11.9 Å². The molecule has 0 aliphatic heterocycles. The summed E-state index contributed by atoms with van der Waals surface area (Å²) in [7, 11) is 0. The van der Waals surface area contributed by atoms with Gasteiger partial charge < -0.3 is 19.8 Å². The van der Waals surface area contributed by atoms with E-state index in [2.05, 4.69) is 0 Å². The van der Waals surface area contributed by atoms with Crippen LogP contribution >= 0.6 is 0 Å². The van der Waals surface area contributed by atoms with Crippen LogP contribution in [0.1, 0.15) is 67.6 Å². The van der Waals surface area contributed by atoms with Crippen LogP contribution in [0.2, 0.25) is 0 Å². The van der Waals surface area contributed by atoms with Crippen molar-refractivity contribution in [2.45, 2.75) is 66.2 Å². The molecule has 5 heteroatoms. The van der Waals surface area contributed by atoms with Crippen molar-refractivity contribution in [2.24, 2.45) is 11.8 Å². The van der Waals surface area contributed by atoms with E-state index in [0.29, 0.717) is 12.8 Å². The Balaban J connectivity index is -0.000000119. The molecule has 0 radical (unpaired) electrons. The average Bonchev–Trinajstić information content (AvgIpc) is 2.30. The predicted molar refractivity (Wildman–Crippen MR) is 68.5 cm³/mol. The van der Waals surface area contributed by atoms with E-state index in [4.69, 9.17) is 0 Å². The number of aliphatic carboxylic acids is 2. The second-order valence-electron chi connectivity index (χ2n) is 4.43. The van der Waals surface area contributed by atoms with Gasteiger partial charge in [-0.3, -0.25) is 0 Å². The smallest absolute Gasteiger partial charge is 0.550 e. The van der Waals surface area contributed by atoms with Gasteiger partial charge in [-0.2, -0.15) is 0 Å². The van der Waals surface area contributed by atoms with Gasteiger partial charge in [-0.1, -0.05) is 40.5 Å². The van der Waals surface area contributed by atoms with Crippen LogP contribution in [-0.4, -0.2) is 11.9 Å². The fraction of sp³-hybridized carbons (Fsp3) is 0.857. The van der Waals surface area contributed by atoms with Crippen LogP contribution in [0.4, 0.5) is 0 Å². The first-order chi connectivity index (χ1) is 8.44. The molecule has 0 aromatic heterocycles. The Labute approximate surface area is 140 Å². The Morgan fingerprint density at radius 3 is 1.26 bits per heavy atom. The van der Waals surface area contributed by atoms with Gasteiger partial charge in [0, 0.05) is 11.9 Å². The summed E-state index contributed by atoms with van der Waals surface area (Å²) < 4.78 is 0. The summed E-state index contributed by atoms with van der Waals surface area (Å²) in [6, 6.07) is 0. The molecule has 0 rings (SSSR count). The van der Waals surface area contributed by atoms with Crippen molar-refractivity contribution in [1.29, 1.82) is 0 Å². The van der Waals surface area contributed by atoms with E-state index in [1.54, 1.807) is 0 Å². The maximum absolute atomic E-state index is 10.4. The Morgan fingerprint density at radius 2 is 1.16 bits per heavy atom. The minimum atomic E-state index is -0.921. The van der Waals surface area contributed by atoms with Crippen LogP contribution in [0.5, 0.6) is 0 Å². The topological polar surface area (TPSA) is 80.3 Å². The van der Waals surface area contributed by atoms with Crippen molar-refractivity contribution in [3.63, 3.8) is 0 Å². The molecule has 0 aromatic rings. The first-order valence-electron chi connectivity index (χ1n) is 6.86. The Bertz CT molecular complexity index is 227. The third kappa shape index (κ3) is 14.2. The minimum Gasteiger partial charge on any atom is -0.550 e. The molecule has 0 atom stereocenters. The SMILES string of the molecule is CCC(CC)C(=O)[O-].CCCC(CCC)C(=O)[O-].[H+].[Na+]. The summed E-state index contributed by atoms with van der Waals surface area (Å²) >= 11 is 0. The first kappa shape index (κ1) is 24.0. The molecule has 0 spiro atoms. The zero-order chi connectivity index (χ0) is 14.6. The summed E-state index contributed by atoms with van der Waals surface area (Å²) in [5, 5.41) is 20.4. The number of carboxylic acid groups (broad SMARTS) is 2. The van der Waals surface area contributed by atoms with E-state index in [1.807, 2.05) is 27.7 Å². The van der Waals surface area contributed by atoms with Crippen LogP contribution in [0, 0.1) is 11.8 Å². The van der Waals surface area contributed by atoms with Crippen molar-refractivity contribution in [2.75, 3.05) is 0 Å². The summed E-state index contributed by atoms with van der Waals surface area (Å²) in [5.74, 6) is -2.26. The van der Waals surface area contributed by atoms with Crippen molar-refractivity contribution in [3.8, 4) is 0 Å². The monoisotopic (exact) mass is 282 g/mol. The minimum absolute atomic E-state index is 0. The van der Waals surface area contributed by atoms with Crippen LogP contribution in [0.25, 0.3) is 0 Å². The average molecular weight is 282 g/mol. The fourth-order valence-corrected chi connectivity index (χ4v) is 1.70. The molecular weight excluding hydrogens is 255 g/mol. The Kier molecular flexibility index (Phi) is 20.2. The van der Waals surface area contributed by atoms with E-state index in [1.165, 1.54) is 0 Å². The quantitative estimate of drug-likeness (QED) is 0.494. The molecule has 0 heterocycles. The molecule has 0 aliphatic rings. The van der Waals surface area contributed by atoms with Gasteiger partial charge in [0.2, 0.25) is 0 Å². The molecule has 0 fully saturated rings. The van der Waals surface area contributed by atoms with Gasteiger partial charge in [-0.15, -0.1) is 0 Å². The molecule has 108 valence electrons. The van der Waals surface area contributed by atoms with Crippen LogP contribution < -0.4 is 39.8 Å². The number of carbonyl (C=O) groups is 2. The number of carboxylic acids is 2. The second-order valence-corrected chi connectivity index (χ2v) is 4.43. The summed E-state index contributed by atoms with van der Waals surface area (Å²) in [5.41, 5.74) is 0. The maximum Gasteiger partial charge on any atom is 1.00 e. The van der Waals surface area contributed by atoms with Crippen molar-refractivity contribution >= 4 is 11.9 Å². The zero-order valence-corrected chi connectivity index (χ0v) is 15.0. The standard InChI is InChI=1S/C8H16O2.C6H12O2.Na/c1-3-5-7(6-4-2)8(9)10;1-3-5(4-2)6(7)8;/h7H,3-6H2,1-2H3,(H,9,10);5H,3-4H2,1-2H3,(H,7,8);/q;;+1/p-1. The molecule has 0 N–H and O–H groups in total. The molecule has 0 bridgehead atoms. The third-order valence-electron chi connectivity index (χ3n) is 2.93. The number of hydrogen-bond acceptors (Lipinski definition) is 4. The van der Waals surface area contributed by atoms with Crippen molar-refractivity contribution in [3.05, 3.63) is 0 Å². The van der Waals surface area contributed by atoms with Crippen molar-refractivity contribution in [1.82, 2.24) is 0 Å². The molecule has 0 aliphatic carbocycles. The van der Waals surface area contributed by atoms with Gasteiger partial charge in [0.15, 0.2) is 0 Å². The van der Waals surface area contributed by atoms with E-state index in [-0.39, 0.29) is 42.8 Å². The molecular formula is C14H27NaO4. The van der Waals surface area contributed by atoms with E-state index in [9.17, 15) is 19.8 Å². The molecule has 0 saturated carbocycles. The number of rotatable bonds is 8. The van der Waals surface area contributed by atoms with Crippen LogP contribution in [-0.2, 0) is 9.59 Å². The van der Waals surface area contributed by atoms with Gasteiger partial charge in [-0.05, 0) is 37.5 Å². The molecule has 4 nitrogen and oxygen atoms in total. The van der Waals surface area contributed by atoms with Gasteiger partial charge in [0.05, 0.1) is 0 Å². The first-order valence-corrected chi connectivity index (χ1v) is 6.86. The van der Waals surface area contributed by atoms with E-state index in [0.717, 1.165) is 25.7 Å². The van der Waals surface area contributed by atoms with Gasteiger partial charge >= 0.3 is 31.0 Å². The molecule has 0 amide bonds. The predicted octanol–water partition coefficient (Wildman–Crippen LogP) is -1.76. The van der Waals surface area contributed by atoms with Crippen LogP contribution in [0.3, 0.4) is 0 Å². The fourth-order valence-electron chi connectivity index (χ4n) is 1.70. The zero-order valence-electron chi connectivity index (χ0n) is 14.0. The van der Waals surface area contributed by atoms with Crippen molar-refractivity contribution < 1.29 is 50.8 Å². The van der Waals surface area contributed by atoms with Gasteiger partial charge in [-0.25, -0.2) is 0 Å². The third-order valence-corrected chi connectivity index (χ3v) is 2.93. The number of hydrogen-bond donors (Lipinski definition) is 0. The molecule has 0 saturated heterocycles. The molecule has 0 unspecified atom stereocenters. The second kappa shape index (κ2) is 16.0. The molecule has 0 aromatic carbocycles. The van der Waals surface area contributed by atoms with Crippen LogP contribution in [0.15, 0.2) is 0 Å². The van der Waals surface area contributed by atoms with Gasteiger partial charge in [0.1, 0.15) is 0 Å². The Morgan fingerprint density at radius 1 is 0.842 bits per heavy atom. The Hall–Kier alpha value is -0.0600.